The van der Waals surface area contributed by atoms with Crippen molar-refractivity contribution in [3.05, 3.63) is 34.9 Å². The zero-order valence-corrected chi connectivity index (χ0v) is 12.7. The molecule has 1 heterocycles. The minimum atomic E-state index is -0.789. The number of imide groups is 2. The van der Waals surface area contributed by atoms with Crippen molar-refractivity contribution in [2.75, 3.05) is 0 Å². The van der Waals surface area contributed by atoms with E-state index >= 15 is 0 Å². The van der Waals surface area contributed by atoms with Crippen LogP contribution in [0.25, 0.3) is 0 Å². The van der Waals surface area contributed by atoms with Gasteiger partial charge in [0, 0.05) is 5.02 Å². The molecule has 5 nitrogen and oxygen atoms in total. The predicted octanol–water partition coefficient (Wildman–Crippen LogP) is 2.90. The van der Waals surface area contributed by atoms with Crippen LogP contribution in [0, 0.1) is 5.92 Å². The van der Waals surface area contributed by atoms with Crippen LogP contribution < -0.4 is 5.32 Å². The Morgan fingerprint density at radius 1 is 1.24 bits per heavy atom. The molecule has 21 heavy (non-hydrogen) atoms. The summed E-state index contributed by atoms with van der Waals surface area (Å²) in [6, 6.07) is 5.81. The Hall–Kier alpha value is -1.88. The number of hydrogen-bond donors (Lipinski definition) is 1. The molecule has 0 saturated carbocycles. The van der Waals surface area contributed by atoms with Crippen LogP contribution in [0.15, 0.2) is 24.3 Å². The Morgan fingerprint density at radius 2 is 1.86 bits per heavy atom. The van der Waals surface area contributed by atoms with Gasteiger partial charge in [0.05, 0.1) is 6.04 Å². The standard InChI is InChI=1S/C15H17ClN2O3/c1-3-4-12-13(19)17-15(21)18(14(12)20)9(2)10-5-7-11(16)8-6-10/h5-9,12H,3-4H2,1-2H3,(H,17,19,21). The third kappa shape index (κ3) is 3.08. The van der Waals surface area contributed by atoms with Gasteiger partial charge in [0.25, 0.3) is 0 Å². The lowest BCUT2D eigenvalue weighted by atomic mass is 9.97. The summed E-state index contributed by atoms with van der Waals surface area (Å²) in [5.74, 6) is -1.73. The van der Waals surface area contributed by atoms with Crippen LogP contribution in [0.1, 0.15) is 38.3 Å². The van der Waals surface area contributed by atoms with Crippen LogP contribution in [0.2, 0.25) is 5.02 Å². The van der Waals surface area contributed by atoms with Gasteiger partial charge < -0.3 is 0 Å². The topological polar surface area (TPSA) is 66.5 Å². The lowest BCUT2D eigenvalue weighted by Gasteiger charge is -2.34. The highest BCUT2D eigenvalue weighted by atomic mass is 35.5. The summed E-state index contributed by atoms with van der Waals surface area (Å²) in [7, 11) is 0. The van der Waals surface area contributed by atoms with Gasteiger partial charge in [-0.2, -0.15) is 0 Å². The maximum Gasteiger partial charge on any atom is 0.331 e. The Morgan fingerprint density at radius 3 is 2.43 bits per heavy atom. The van der Waals surface area contributed by atoms with Gasteiger partial charge in [-0.25, -0.2) is 4.79 Å². The highest BCUT2D eigenvalue weighted by Crippen LogP contribution is 2.27. The van der Waals surface area contributed by atoms with E-state index in [1.165, 1.54) is 0 Å². The van der Waals surface area contributed by atoms with E-state index in [0.29, 0.717) is 17.9 Å². The van der Waals surface area contributed by atoms with Crippen LogP contribution in [0.3, 0.4) is 0 Å². The molecule has 2 rings (SSSR count). The van der Waals surface area contributed by atoms with Gasteiger partial charge in [0.15, 0.2) is 0 Å². The lowest BCUT2D eigenvalue weighted by molar-refractivity contribution is -0.144. The van der Waals surface area contributed by atoms with E-state index < -0.39 is 29.8 Å². The average molecular weight is 309 g/mol. The number of benzene rings is 1. The Kier molecular flexibility index (Phi) is 4.63. The first-order valence-electron chi connectivity index (χ1n) is 6.89. The minimum Gasteiger partial charge on any atom is -0.277 e. The number of nitrogens with zero attached hydrogens (tertiary/aromatic N) is 1. The number of amides is 4. The number of urea groups is 1. The smallest absolute Gasteiger partial charge is 0.277 e. The molecule has 0 bridgehead atoms. The molecule has 0 aliphatic carbocycles. The molecule has 6 heteroatoms. The van der Waals surface area contributed by atoms with Gasteiger partial charge in [-0.3, -0.25) is 19.8 Å². The molecular weight excluding hydrogens is 292 g/mol. The fourth-order valence-corrected chi connectivity index (χ4v) is 2.56. The van der Waals surface area contributed by atoms with Crippen LogP contribution in [-0.2, 0) is 9.59 Å². The van der Waals surface area contributed by atoms with E-state index in [-0.39, 0.29) is 0 Å². The molecule has 1 aliphatic heterocycles. The maximum absolute atomic E-state index is 12.4. The average Bonchev–Trinajstić information content (AvgIpc) is 2.44. The third-order valence-corrected chi connectivity index (χ3v) is 3.87. The third-order valence-electron chi connectivity index (χ3n) is 3.62. The molecule has 0 aromatic heterocycles. The fraction of sp³-hybridized carbons (Fsp3) is 0.400. The van der Waals surface area contributed by atoms with Crippen molar-refractivity contribution >= 4 is 29.4 Å². The van der Waals surface area contributed by atoms with Crippen molar-refractivity contribution in [3.8, 4) is 0 Å². The Bertz CT molecular complexity index is 571. The van der Waals surface area contributed by atoms with Gasteiger partial charge in [-0.05, 0) is 31.0 Å². The highest BCUT2D eigenvalue weighted by molar-refractivity contribution is 6.30. The summed E-state index contributed by atoms with van der Waals surface area (Å²) in [4.78, 5) is 37.3. The minimum absolute atomic E-state index is 0.432. The molecule has 0 spiro atoms. The molecular formula is C15H17ClN2O3. The monoisotopic (exact) mass is 308 g/mol. The van der Waals surface area contributed by atoms with Crippen molar-refractivity contribution < 1.29 is 14.4 Å². The zero-order valence-electron chi connectivity index (χ0n) is 11.9. The second-order valence-electron chi connectivity index (χ2n) is 5.07. The van der Waals surface area contributed by atoms with Crippen LogP contribution in [0.4, 0.5) is 4.79 Å². The Balaban J connectivity index is 2.27. The molecule has 1 fully saturated rings. The summed E-state index contributed by atoms with van der Waals surface area (Å²) in [5.41, 5.74) is 0.785. The quantitative estimate of drug-likeness (QED) is 0.870. The predicted molar refractivity (Wildman–Crippen MR) is 78.6 cm³/mol. The van der Waals surface area contributed by atoms with E-state index in [4.69, 9.17) is 11.6 Å². The molecule has 112 valence electrons. The van der Waals surface area contributed by atoms with Gasteiger partial charge >= 0.3 is 6.03 Å². The van der Waals surface area contributed by atoms with Gasteiger partial charge in [0.2, 0.25) is 11.8 Å². The summed E-state index contributed by atoms with van der Waals surface area (Å²) >= 11 is 5.84. The maximum atomic E-state index is 12.4. The molecule has 2 unspecified atom stereocenters. The SMILES string of the molecule is CCCC1C(=O)NC(=O)N(C(C)c2ccc(Cl)cc2)C1=O. The fourth-order valence-electron chi connectivity index (χ4n) is 2.43. The van der Waals surface area contributed by atoms with Crippen molar-refractivity contribution in [2.24, 2.45) is 5.92 Å². The number of hydrogen-bond acceptors (Lipinski definition) is 3. The van der Waals surface area contributed by atoms with E-state index in [1.54, 1.807) is 31.2 Å². The molecule has 1 aromatic carbocycles. The molecule has 1 saturated heterocycles. The van der Waals surface area contributed by atoms with Crippen molar-refractivity contribution in [1.82, 2.24) is 10.2 Å². The number of barbiturate groups is 1. The summed E-state index contributed by atoms with van der Waals surface area (Å²) in [6.07, 6.45) is 1.13. The summed E-state index contributed by atoms with van der Waals surface area (Å²) in [6.45, 7) is 3.64. The first-order chi connectivity index (χ1) is 9.95. The molecule has 4 amide bonds. The molecule has 2 atom stereocenters. The first-order valence-corrected chi connectivity index (χ1v) is 7.26. The highest BCUT2D eigenvalue weighted by Gasteiger charge is 2.42. The normalized spacial score (nSPS) is 20.4. The van der Waals surface area contributed by atoms with E-state index in [2.05, 4.69) is 5.32 Å². The van der Waals surface area contributed by atoms with Crippen LogP contribution in [0.5, 0.6) is 0 Å². The molecule has 1 aliphatic rings. The van der Waals surface area contributed by atoms with E-state index in [1.807, 2.05) is 6.92 Å². The number of carbonyl (C=O) groups excluding carboxylic acids is 3. The summed E-state index contributed by atoms with van der Waals surface area (Å²) in [5, 5.41) is 2.84. The van der Waals surface area contributed by atoms with Crippen molar-refractivity contribution in [3.63, 3.8) is 0 Å². The van der Waals surface area contributed by atoms with Crippen molar-refractivity contribution in [2.45, 2.75) is 32.7 Å². The van der Waals surface area contributed by atoms with Crippen LogP contribution in [-0.4, -0.2) is 22.7 Å². The van der Waals surface area contributed by atoms with Crippen LogP contribution >= 0.6 is 11.6 Å². The van der Waals surface area contributed by atoms with E-state index in [0.717, 1.165) is 10.5 Å². The number of nitrogens with one attached hydrogen (secondary N) is 1. The number of halogens is 1. The summed E-state index contributed by atoms with van der Waals surface area (Å²) < 4.78 is 0. The second-order valence-corrected chi connectivity index (χ2v) is 5.51. The van der Waals surface area contributed by atoms with Gasteiger partial charge in [0.1, 0.15) is 5.92 Å². The molecule has 1 N–H and O–H groups in total. The molecule has 0 radical (unpaired) electrons. The Labute approximate surface area is 128 Å². The number of carbonyl (C=O) groups is 3. The second kappa shape index (κ2) is 6.26. The number of rotatable bonds is 4. The zero-order chi connectivity index (χ0) is 15.6. The molecule has 1 aromatic rings. The lowest BCUT2D eigenvalue weighted by Crippen LogP contribution is -2.58. The van der Waals surface area contributed by atoms with E-state index in [9.17, 15) is 14.4 Å². The largest absolute Gasteiger partial charge is 0.331 e. The van der Waals surface area contributed by atoms with Crippen molar-refractivity contribution in [1.29, 1.82) is 0 Å². The van der Waals surface area contributed by atoms with Gasteiger partial charge in [-0.1, -0.05) is 37.1 Å². The first kappa shape index (κ1) is 15.5. The van der Waals surface area contributed by atoms with Gasteiger partial charge in [-0.15, -0.1) is 0 Å².